The van der Waals surface area contributed by atoms with Gasteiger partial charge in [-0.1, -0.05) is 6.07 Å². The molecule has 0 spiro atoms. The van der Waals surface area contributed by atoms with E-state index in [0.717, 1.165) is 17.0 Å². The summed E-state index contributed by atoms with van der Waals surface area (Å²) >= 11 is 0. The number of nitrogens with zero attached hydrogens (tertiary/aromatic N) is 3. The molecule has 2 aromatic rings. The number of hydrogen-bond donors (Lipinski definition) is 1. The van der Waals surface area contributed by atoms with E-state index in [9.17, 15) is 0 Å². The fourth-order valence-electron chi connectivity index (χ4n) is 1.36. The van der Waals surface area contributed by atoms with E-state index < -0.39 is 0 Å². The van der Waals surface area contributed by atoms with Gasteiger partial charge in [-0.05, 0) is 17.7 Å². The van der Waals surface area contributed by atoms with Gasteiger partial charge in [0.25, 0.3) is 0 Å². The minimum Gasteiger partial charge on any atom is -0.494 e. The Balaban J connectivity index is 2.52. The molecule has 0 aliphatic carbocycles. The van der Waals surface area contributed by atoms with Crippen LogP contribution >= 0.6 is 0 Å². The second-order valence-corrected chi connectivity index (χ2v) is 3.03. The van der Waals surface area contributed by atoms with Crippen molar-refractivity contribution in [3.63, 3.8) is 0 Å². The van der Waals surface area contributed by atoms with Crippen molar-refractivity contribution in [3.05, 3.63) is 36.2 Å². The van der Waals surface area contributed by atoms with Gasteiger partial charge >= 0.3 is 0 Å². The van der Waals surface area contributed by atoms with Crippen molar-refractivity contribution in [2.75, 3.05) is 7.11 Å². The van der Waals surface area contributed by atoms with Crippen LogP contribution in [-0.2, 0) is 6.54 Å². The van der Waals surface area contributed by atoms with Gasteiger partial charge in [0.2, 0.25) is 0 Å². The Bertz CT molecular complexity index is 439. The number of ether oxygens (including phenoxy) is 1. The van der Waals surface area contributed by atoms with Crippen LogP contribution in [0.15, 0.2) is 30.6 Å². The van der Waals surface area contributed by atoms with Crippen molar-refractivity contribution in [2.24, 2.45) is 5.73 Å². The molecule has 0 unspecified atom stereocenters. The summed E-state index contributed by atoms with van der Waals surface area (Å²) < 4.78 is 5.23. The third-order valence-corrected chi connectivity index (χ3v) is 2.11. The highest BCUT2D eigenvalue weighted by Crippen LogP contribution is 2.22. The Morgan fingerprint density at radius 1 is 1.33 bits per heavy atom. The van der Waals surface area contributed by atoms with Crippen molar-refractivity contribution in [2.45, 2.75) is 6.54 Å². The molecule has 0 fully saturated rings. The molecule has 5 heteroatoms. The van der Waals surface area contributed by atoms with E-state index in [4.69, 9.17) is 10.5 Å². The topological polar surface area (TPSA) is 66.0 Å². The lowest BCUT2D eigenvalue weighted by Crippen LogP contribution is -2.04. The Labute approximate surface area is 87.5 Å². The summed E-state index contributed by atoms with van der Waals surface area (Å²) in [4.78, 5) is 1.51. The minimum absolute atomic E-state index is 0.484. The Kier molecular flexibility index (Phi) is 2.64. The van der Waals surface area contributed by atoms with Crippen molar-refractivity contribution in [1.29, 1.82) is 0 Å². The molecule has 1 heterocycles. The molecule has 1 aromatic heterocycles. The van der Waals surface area contributed by atoms with Crippen molar-refractivity contribution in [3.8, 4) is 11.4 Å². The molecule has 0 saturated carbocycles. The van der Waals surface area contributed by atoms with E-state index in [1.54, 1.807) is 19.5 Å². The van der Waals surface area contributed by atoms with Gasteiger partial charge in [0.15, 0.2) is 0 Å². The first-order valence-corrected chi connectivity index (χ1v) is 4.59. The monoisotopic (exact) mass is 204 g/mol. The van der Waals surface area contributed by atoms with E-state index in [-0.39, 0.29) is 0 Å². The van der Waals surface area contributed by atoms with Crippen LogP contribution in [0.3, 0.4) is 0 Å². The molecule has 0 bridgehead atoms. The van der Waals surface area contributed by atoms with Crippen LogP contribution in [0.2, 0.25) is 0 Å². The molecule has 0 saturated heterocycles. The molecular weight excluding hydrogens is 192 g/mol. The summed E-state index contributed by atoms with van der Waals surface area (Å²) in [6.07, 6.45) is 3.24. The molecule has 5 nitrogen and oxygen atoms in total. The van der Waals surface area contributed by atoms with Gasteiger partial charge in [0.05, 0.1) is 19.5 Å². The smallest absolute Gasteiger partial charge is 0.146 e. The third kappa shape index (κ3) is 1.82. The molecule has 0 atom stereocenters. The quantitative estimate of drug-likeness (QED) is 0.800. The summed E-state index contributed by atoms with van der Waals surface area (Å²) in [6.45, 7) is 0.484. The molecule has 78 valence electrons. The number of rotatable bonds is 3. The Hall–Kier alpha value is -1.88. The number of nitrogens with two attached hydrogens (primary N) is 1. The highest BCUT2D eigenvalue weighted by molar-refractivity contribution is 5.47. The summed E-state index contributed by atoms with van der Waals surface area (Å²) in [7, 11) is 1.62. The zero-order valence-electron chi connectivity index (χ0n) is 8.42. The molecule has 0 amide bonds. The van der Waals surface area contributed by atoms with Crippen LogP contribution < -0.4 is 10.5 Å². The molecule has 0 aliphatic heterocycles. The molecule has 2 N–H and O–H groups in total. The summed E-state index contributed by atoms with van der Waals surface area (Å²) in [5.74, 6) is 0.725. The second kappa shape index (κ2) is 4.10. The van der Waals surface area contributed by atoms with Crippen LogP contribution in [0.4, 0.5) is 0 Å². The van der Waals surface area contributed by atoms with Gasteiger partial charge in [-0.3, -0.25) is 0 Å². The van der Waals surface area contributed by atoms with Crippen LogP contribution in [0.1, 0.15) is 5.56 Å². The van der Waals surface area contributed by atoms with Gasteiger partial charge in [0.1, 0.15) is 11.4 Å². The van der Waals surface area contributed by atoms with Crippen LogP contribution in [0, 0.1) is 0 Å². The number of hydrogen-bond acceptors (Lipinski definition) is 4. The maximum atomic E-state index is 5.57. The first-order valence-electron chi connectivity index (χ1n) is 4.59. The molecule has 1 aromatic carbocycles. The highest BCUT2D eigenvalue weighted by Gasteiger charge is 2.06. The third-order valence-electron chi connectivity index (χ3n) is 2.11. The minimum atomic E-state index is 0.484. The van der Waals surface area contributed by atoms with Crippen molar-refractivity contribution < 1.29 is 4.74 Å². The first kappa shape index (κ1) is 9.67. The standard InChI is InChI=1S/C10H12N4O/c1-15-10-3-2-8(7-11)6-9(10)14-12-4-5-13-14/h2-6H,7,11H2,1H3. The number of aromatic nitrogens is 3. The normalized spacial score (nSPS) is 10.3. The van der Waals surface area contributed by atoms with E-state index >= 15 is 0 Å². The van der Waals surface area contributed by atoms with E-state index in [1.165, 1.54) is 4.80 Å². The summed E-state index contributed by atoms with van der Waals surface area (Å²) in [5, 5.41) is 8.11. The SMILES string of the molecule is COc1ccc(CN)cc1-n1nccn1. The highest BCUT2D eigenvalue weighted by atomic mass is 16.5. The molecule has 0 radical (unpaired) electrons. The summed E-state index contributed by atoms with van der Waals surface area (Å²) in [5.41, 5.74) is 7.39. The lowest BCUT2D eigenvalue weighted by Gasteiger charge is -2.08. The zero-order valence-corrected chi connectivity index (χ0v) is 8.42. The van der Waals surface area contributed by atoms with Gasteiger partial charge in [-0.15, -0.1) is 4.80 Å². The lowest BCUT2D eigenvalue weighted by molar-refractivity contribution is 0.410. The van der Waals surface area contributed by atoms with Gasteiger partial charge in [0, 0.05) is 6.54 Å². The van der Waals surface area contributed by atoms with Crippen LogP contribution in [-0.4, -0.2) is 22.1 Å². The largest absolute Gasteiger partial charge is 0.494 e. The first-order chi connectivity index (χ1) is 7.35. The predicted octanol–water partition coefficient (Wildman–Crippen LogP) is 0.735. The average molecular weight is 204 g/mol. The molecule has 15 heavy (non-hydrogen) atoms. The Morgan fingerprint density at radius 2 is 2.07 bits per heavy atom. The second-order valence-electron chi connectivity index (χ2n) is 3.03. The fourth-order valence-corrected chi connectivity index (χ4v) is 1.36. The maximum Gasteiger partial charge on any atom is 0.146 e. The average Bonchev–Trinajstić information content (AvgIpc) is 2.81. The van der Waals surface area contributed by atoms with Crippen molar-refractivity contribution in [1.82, 2.24) is 15.0 Å². The zero-order chi connectivity index (χ0) is 10.7. The van der Waals surface area contributed by atoms with E-state index in [2.05, 4.69) is 10.2 Å². The molecule has 0 aliphatic rings. The molecular formula is C10H12N4O. The lowest BCUT2D eigenvalue weighted by atomic mass is 10.2. The number of benzene rings is 1. The van der Waals surface area contributed by atoms with E-state index in [0.29, 0.717) is 6.54 Å². The van der Waals surface area contributed by atoms with Crippen molar-refractivity contribution >= 4 is 0 Å². The van der Waals surface area contributed by atoms with E-state index in [1.807, 2.05) is 18.2 Å². The van der Waals surface area contributed by atoms with Crippen LogP contribution in [0.5, 0.6) is 5.75 Å². The number of methoxy groups -OCH3 is 1. The maximum absolute atomic E-state index is 5.57. The fraction of sp³-hybridized carbons (Fsp3) is 0.200. The van der Waals surface area contributed by atoms with Gasteiger partial charge < -0.3 is 10.5 Å². The summed E-state index contributed by atoms with van der Waals surface area (Å²) in [6, 6.07) is 5.70. The van der Waals surface area contributed by atoms with Gasteiger partial charge in [-0.25, -0.2) is 0 Å². The van der Waals surface area contributed by atoms with Crippen LogP contribution in [0.25, 0.3) is 5.69 Å². The van der Waals surface area contributed by atoms with Gasteiger partial charge in [-0.2, -0.15) is 10.2 Å². The molecule has 2 rings (SSSR count). The predicted molar refractivity (Wildman–Crippen MR) is 55.8 cm³/mol. The Morgan fingerprint density at radius 3 is 2.67 bits per heavy atom.